The first-order valence-corrected chi connectivity index (χ1v) is 4.97. The summed E-state index contributed by atoms with van der Waals surface area (Å²) in [7, 11) is 0. The molecule has 0 saturated heterocycles. The van der Waals surface area contributed by atoms with Crippen LogP contribution in [0.2, 0.25) is 0 Å². The number of nitriles is 1. The summed E-state index contributed by atoms with van der Waals surface area (Å²) in [4.78, 5) is 3.93. The average molecular weight is 187 g/mol. The topological polar surface area (TPSA) is 48.7 Å². The Morgan fingerprint density at radius 2 is 2.43 bits per heavy atom. The number of hydrogen-bond donors (Lipinski definition) is 1. The largest absolute Gasteiger partial charge is 0.310 e. The minimum atomic E-state index is 0.498. The van der Waals surface area contributed by atoms with E-state index in [4.69, 9.17) is 5.26 Å². The van der Waals surface area contributed by atoms with E-state index in [2.05, 4.69) is 10.3 Å². The number of nitrogens with one attached hydrogen (secondary N) is 1. The van der Waals surface area contributed by atoms with Crippen LogP contribution in [0.25, 0.3) is 0 Å². The van der Waals surface area contributed by atoms with Gasteiger partial charge in [0.15, 0.2) is 0 Å². The van der Waals surface area contributed by atoms with Gasteiger partial charge in [0.2, 0.25) is 0 Å². The molecule has 1 aromatic heterocycles. The van der Waals surface area contributed by atoms with Crippen LogP contribution in [0.1, 0.15) is 30.5 Å². The van der Waals surface area contributed by atoms with Crippen LogP contribution < -0.4 is 5.32 Å². The lowest BCUT2D eigenvalue weighted by Gasteiger charge is -2.26. The van der Waals surface area contributed by atoms with Crippen molar-refractivity contribution in [2.75, 3.05) is 0 Å². The molecule has 2 rings (SSSR count). The Morgan fingerprint density at radius 1 is 1.57 bits per heavy atom. The Bertz CT molecular complexity index is 350. The molecule has 0 aliphatic heterocycles. The second kappa shape index (κ2) is 4.21. The van der Waals surface area contributed by atoms with Crippen LogP contribution in [0.5, 0.6) is 0 Å². The summed E-state index contributed by atoms with van der Waals surface area (Å²) >= 11 is 0. The van der Waals surface area contributed by atoms with E-state index in [1.807, 2.05) is 18.2 Å². The van der Waals surface area contributed by atoms with E-state index in [0.717, 1.165) is 12.1 Å². The third kappa shape index (κ3) is 2.09. The minimum absolute atomic E-state index is 0.498. The fraction of sp³-hybridized carbons (Fsp3) is 0.455. The van der Waals surface area contributed by atoms with Crippen molar-refractivity contribution in [2.24, 2.45) is 0 Å². The van der Waals surface area contributed by atoms with Crippen molar-refractivity contribution in [3.8, 4) is 6.07 Å². The molecule has 1 heterocycles. The predicted octanol–water partition coefficient (Wildman–Crippen LogP) is 1.60. The highest BCUT2D eigenvalue weighted by molar-refractivity contribution is 5.25. The highest BCUT2D eigenvalue weighted by Gasteiger charge is 2.15. The summed E-state index contributed by atoms with van der Waals surface area (Å²) < 4.78 is 0. The minimum Gasteiger partial charge on any atom is -0.310 e. The van der Waals surface area contributed by atoms with E-state index in [-0.39, 0.29) is 0 Å². The van der Waals surface area contributed by atoms with E-state index in [9.17, 15) is 0 Å². The monoisotopic (exact) mass is 187 g/mol. The lowest BCUT2D eigenvalue weighted by atomic mass is 9.93. The van der Waals surface area contributed by atoms with E-state index >= 15 is 0 Å². The van der Waals surface area contributed by atoms with Crippen LogP contribution in [0.3, 0.4) is 0 Å². The SMILES string of the molecule is N#Cc1cc(CNC2CCC2)ccn1. The van der Waals surface area contributed by atoms with Crippen LogP contribution >= 0.6 is 0 Å². The molecule has 0 atom stereocenters. The number of pyridine rings is 1. The highest BCUT2D eigenvalue weighted by Crippen LogP contribution is 2.18. The molecule has 0 amide bonds. The second-order valence-corrected chi connectivity index (χ2v) is 3.67. The van der Waals surface area contributed by atoms with Crippen LogP contribution in [-0.4, -0.2) is 11.0 Å². The lowest BCUT2D eigenvalue weighted by Crippen LogP contribution is -2.34. The van der Waals surface area contributed by atoms with Gasteiger partial charge in [-0.3, -0.25) is 0 Å². The van der Waals surface area contributed by atoms with Crippen LogP contribution in [0.15, 0.2) is 18.3 Å². The van der Waals surface area contributed by atoms with Crippen molar-refractivity contribution in [3.63, 3.8) is 0 Å². The van der Waals surface area contributed by atoms with Crippen molar-refractivity contribution in [1.29, 1.82) is 5.26 Å². The van der Waals surface area contributed by atoms with Gasteiger partial charge in [0, 0.05) is 18.8 Å². The van der Waals surface area contributed by atoms with Gasteiger partial charge in [-0.15, -0.1) is 0 Å². The third-order valence-corrected chi connectivity index (χ3v) is 2.64. The maximum atomic E-state index is 8.66. The molecule has 14 heavy (non-hydrogen) atoms. The summed E-state index contributed by atoms with van der Waals surface area (Å²) in [5.41, 5.74) is 1.64. The van der Waals surface area contributed by atoms with E-state index in [1.165, 1.54) is 19.3 Å². The van der Waals surface area contributed by atoms with Gasteiger partial charge in [-0.1, -0.05) is 6.42 Å². The fourth-order valence-electron chi connectivity index (χ4n) is 1.52. The van der Waals surface area contributed by atoms with Gasteiger partial charge in [0.25, 0.3) is 0 Å². The zero-order valence-electron chi connectivity index (χ0n) is 8.03. The number of rotatable bonds is 3. The quantitative estimate of drug-likeness (QED) is 0.781. The molecule has 0 bridgehead atoms. The van der Waals surface area contributed by atoms with Crippen LogP contribution in [0, 0.1) is 11.3 Å². The highest BCUT2D eigenvalue weighted by atomic mass is 14.9. The Kier molecular flexibility index (Phi) is 2.76. The molecule has 0 aromatic carbocycles. The van der Waals surface area contributed by atoms with E-state index < -0.39 is 0 Å². The molecule has 1 aliphatic rings. The molecular weight excluding hydrogens is 174 g/mol. The molecule has 3 nitrogen and oxygen atoms in total. The predicted molar refractivity (Wildman–Crippen MR) is 53.4 cm³/mol. The molecule has 0 unspecified atom stereocenters. The van der Waals surface area contributed by atoms with Gasteiger partial charge in [-0.05, 0) is 30.5 Å². The molecule has 0 radical (unpaired) electrons. The summed E-state index contributed by atoms with van der Waals surface area (Å²) in [6, 6.07) is 6.52. The maximum Gasteiger partial charge on any atom is 0.140 e. The molecule has 0 spiro atoms. The summed E-state index contributed by atoms with van der Waals surface area (Å²) in [6.07, 6.45) is 5.61. The normalized spacial score (nSPS) is 15.9. The second-order valence-electron chi connectivity index (χ2n) is 3.67. The van der Waals surface area contributed by atoms with Crippen molar-refractivity contribution in [3.05, 3.63) is 29.6 Å². The Hall–Kier alpha value is -1.40. The molecule has 1 fully saturated rings. The first kappa shape index (κ1) is 9.17. The van der Waals surface area contributed by atoms with Gasteiger partial charge in [-0.25, -0.2) is 4.98 Å². The van der Waals surface area contributed by atoms with Crippen molar-refractivity contribution in [2.45, 2.75) is 31.8 Å². The molecule has 1 saturated carbocycles. The average Bonchev–Trinajstić information content (AvgIpc) is 2.16. The molecular formula is C11H13N3. The molecule has 1 N–H and O–H groups in total. The molecule has 72 valence electrons. The first-order chi connectivity index (χ1) is 6.88. The smallest absolute Gasteiger partial charge is 0.140 e. The van der Waals surface area contributed by atoms with Crippen molar-refractivity contribution < 1.29 is 0 Å². The maximum absolute atomic E-state index is 8.66. The third-order valence-electron chi connectivity index (χ3n) is 2.64. The standard InChI is InChI=1S/C11H13N3/c12-7-11-6-9(4-5-13-11)8-14-10-2-1-3-10/h4-6,10,14H,1-3,8H2. The Labute approximate surface area is 83.8 Å². The van der Waals surface area contributed by atoms with E-state index in [0.29, 0.717) is 11.7 Å². The summed E-state index contributed by atoms with van der Waals surface area (Å²) in [6.45, 7) is 0.849. The number of nitrogens with zero attached hydrogens (tertiary/aromatic N) is 2. The number of aromatic nitrogens is 1. The van der Waals surface area contributed by atoms with Gasteiger partial charge >= 0.3 is 0 Å². The number of hydrogen-bond acceptors (Lipinski definition) is 3. The Morgan fingerprint density at radius 3 is 3.07 bits per heavy atom. The van der Waals surface area contributed by atoms with Crippen LogP contribution in [0.4, 0.5) is 0 Å². The van der Waals surface area contributed by atoms with Gasteiger partial charge < -0.3 is 5.32 Å². The molecule has 3 heteroatoms. The van der Waals surface area contributed by atoms with Crippen molar-refractivity contribution >= 4 is 0 Å². The van der Waals surface area contributed by atoms with E-state index in [1.54, 1.807) is 6.20 Å². The van der Waals surface area contributed by atoms with Gasteiger partial charge in [-0.2, -0.15) is 5.26 Å². The summed E-state index contributed by atoms with van der Waals surface area (Å²) in [5.74, 6) is 0. The molecule has 1 aromatic rings. The van der Waals surface area contributed by atoms with Crippen molar-refractivity contribution in [1.82, 2.24) is 10.3 Å². The molecule has 1 aliphatic carbocycles. The first-order valence-electron chi connectivity index (χ1n) is 4.97. The summed E-state index contributed by atoms with van der Waals surface area (Å²) in [5, 5.41) is 12.1. The Balaban J connectivity index is 1.91. The fourth-order valence-corrected chi connectivity index (χ4v) is 1.52. The zero-order chi connectivity index (χ0) is 9.80. The van der Waals surface area contributed by atoms with Gasteiger partial charge in [0.1, 0.15) is 11.8 Å². The lowest BCUT2D eigenvalue weighted by molar-refractivity contribution is 0.338. The zero-order valence-corrected chi connectivity index (χ0v) is 8.03. The van der Waals surface area contributed by atoms with Crippen LogP contribution in [-0.2, 0) is 6.54 Å². The van der Waals surface area contributed by atoms with Gasteiger partial charge in [0.05, 0.1) is 0 Å².